The first-order chi connectivity index (χ1) is 12.8. The Kier molecular flexibility index (Phi) is 6.79. The number of allylic oxidation sites excluding steroid dienone is 1. The summed E-state index contributed by atoms with van der Waals surface area (Å²) in [5.74, 6) is 0.374. The van der Waals surface area contributed by atoms with E-state index in [0.29, 0.717) is 17.5 Å². The molecule has 0 saturated carbocycles. The SMILES string of the molecule is C=CCn1c(SCC(=O)NC(=O)NC)nnc1-c1ccc(C(C)(C)C)cc1. The number of nitrogens with zero attached hydrogens (tertiary/aromatic N) is 3. The molecule has 0 saturated heterocycles. The van der Waals surface area contributed by atoms with E-state index in [2.05, 4.69) is 60.3 Å². The first-order valence-electron chi connectivity index (χ1n) is 8.55. The Hall–Kier alpha value is -2.61. The molecule has 0 radical (unpaired) electrons. The summed E-state index contributed by atoms with van der Waals surface area (Å²) in [4.78, 5) is 23.0. The molecule has 0 fully saturated rings. The van der Waals surface area contributed by atoms with Gasteiger partial charge < -0.3 is 5.32 Å². The van der Waals surface area contributed by atoms with Gasteiger partial charge >= 0.3 is 6.03 Å². The lowest BCUT2D eigenvalue weighted by atomic mass is 9.87. The number of carbonyl (C=O) groups is 2. The topological polar surface area (TPSA) is 88.9 Å². The van der Waals surface area contributed by atoms with Crippen molar-refractivity contribution in [2.45, 2.75) is 37.9 Å². The molecule has 0 spiro atoms. The van der Waals surface area contributed by atoms with Gasteiger partial charge in [-0.15, -0.1) is 16.8 Å². The van der Waals surface area contributed by atoms with Crippen LogP contribution in [0.25, 0.3) is 11.4 Å². The zero-order valence-electron chi connectivity index (χ0n) is 16.1. The zero-order chi connectivity index (χ0) is 20.0. The maximum atomic E-state index is 11.8. The number of thioether (sulfide) groups is 1. The molecule has 0 aliphatic carbocycles. The molecule has 3 amide bonds. The zero-order valence-corrected chi connectivity index (χ0v) is 16.9. The van der Waals surface area contributed by atoms with Crippen molar-refractivity contribution in [3.8, 4) is 11.4 Å². The Morgan fingerprint density at radius 3 is 2.44 bits per heavy atom. The molecule has 27 heavy (non-hydrogen) atoms. The van der Waals surface area contributed by atoms with Gasteiger partial charge in [-0.05, 0) is 11.0 Å². The molecular formula is C19H25N5O2S. The summed E-state index contributed by atoms with van der Waals surface area (Å²) in [6.45, 7) is 10.8. The minimum absolute atomic E-state index is 0.0612. The van der Waals surface area contributed by atoms with Crippen LogP contribution in [0.2, 0.25) is 0 Å². The van der Waals surface area contributed by atoms with Gasteiger partial charge in [0, 0.05) is 19.2 Å². The van der Waals surface area contributed by atoms with Gasteiger partial charge in [0.2, 0.25) is 5.91 Å². The molecule has 0 aliphatic heterocycles. The van der Waals surface area contributed by atoms with Gasteiger partial charge in [-0.3, -0.25) is 14.7 Å². The van der Waals surface area contributed by atoms with Crippen molar-refractivity contribution in [1.29, 1.82) is 0 Å². The number of carbonyl (C=O) groups excluding carboxylic acids is 2. The van der Waals surface area contributed by atoms with Crippen molar-refractivity contribution < 1.29 is 9.59 Å². The van der Waals surface area contributed by atoms with E-state index in [-0.39, 0.29) is 11.2 Å². The summed E-state index contributed by atoms with van der Waals surface area (Å²) >= 11 is 1.22. The average Bonchev–Trinajstić information content (AvgIpc) is 3.02. The Morgan fingerprint density at radius 2 is 1.89 bits per heavy atom. The number of aromatic nitrogens is 3. The molecule has 1 aromatic carbocycles. The van der Waals surface area contributed by atoms with Crippen molar-refractivity contribution in [3.63, 3.8) is 0 Å². The smallest absolute Gasteiger partial charge is 0.321 e. The van der Waals surface area contributed by atoms with Gasteiger partial charge in [-0.2, -0.15) is 0 Å². The monoisotopic (exact) mass is 387 g/mol. The fourth-order valence-corrected chi connectivity index (χ4v) is 3.13. The third-order valence-corrected chi connectivity index (χ3v) is 4.82. The highest BCUT2D eigenvalue weighted by molar-refractivity contribution is 7.99. The number of hydrogen-bond acceptors (Lipinski definition) is 5. The second-order valence-corrected chi connectivity index (χ2v) is 7.89. The lowest BCUT2D eigenvalue weighted by molar-refractivity contribution is -0.117. The second kappa shape index (κ2) is 8.85. The lowest BCUT2D eigenvalue weighted by Crippen LogP contribution is -2.38. The van der Waals surface area contributed by atoms with Gasteiger partial charge in [-0.25, -0.2) is 4.79 Å². The summed E-state index contributed by atoms with van der Waals surface area (Å²) in [5.41, 5.74) is 2.26. The quantitative estimate of drug-likeness (QED) is 0.588. The third kappa shape index (κ3) is 5.43. The number of amides is 3. The van der Waals surface area contributed by atoms with Crippen LogP contribution in [0.1, 0.15) is 26.3 Å². The van der Waals surface area contributed by atoms with E-state index in [1.165, 1.54) is 24.4 Å². The van der Waals surface area contributed by atoms with Crippen LogP contribution in [-0.2, 0) is 16.8 Å². The normalized spacial score (nSPS) is 11.1. The van der Waals surface area contributed by atoms with Gasteiger partial charge in [0.15, 0.2) is 11.0 Å². The van der Waals surface area contributed by atoms with Crippen LogP contribution in [0.4, 0.5) is 4.79 Å². The molecule has 2 N–H and O–H groups in total. The summed E-state index contributed by atoms with van der Waals surface area (Å²) < 4.78 is 1.90. The average molecular weight is 388 g/mol. The molecular weight excluding hydrogens is 362 g/mol. The minimum Gasteiger partial charge on any atom is -0.341 e. The van der Waals surface area contributed by atoms with E-state index in [4.69, 9.17) is 0 Å². The third-order valence-electron chi connectivity index (χ3n) is 3.85. The fourth-order valence-electron chi connectivity index (χ4n) is 2.38. The van der Waals surface area contributed by atoms with Crippen LogP contribution in [0.5, 0.6) is 0 Å². The highest BCUT2D eigenvalue weighted by atomic mass is 32.2. The standard InChI is InChI=1S/C19H25N5O2S/c1-6-11-24-16(13-7-9-14(10-8-13)19(2,3)4)22-23-18(24)27-12-15(25)21-17(26)20-5/h6-10H,1,11-12H2,2-5H3,(H2,20,21,25,26). The minimum atomic E-state index is -0.534. The molecule has 1 heterocycles. The molecule has 2 rings (SSSR count). The summed E-state index contributed by atoms with van der Waals surface area (Å²) in [6.07, 6.45) is 1.76. The number of nitrogens with one attached hydrogen (secondary N) is 2. The van der Waals surface area contributed by atoms with E-state index in [1.54, 1.807) is 6.08 Å². The van der Waals surface area contributed by atoms with Crippen molar-refractivity contribution in [2.75, 3.05) is 12.8 Å². The Labute approximate surface area is 163 Å². The van der Waals surface area contributed by atoms with Gasteiger partial charge in [-0.1, -0.05) is 62.9 Å². The Bertz CT molecular complexity index is 822. The van der Waals surface area contributed by atoms with Crippen LogP contribution < -0.4 is 10.6 Å². The predicted molar refractivity (Wildman–Crippen MR) is 108 cm³/mol. The van der Waals surface area contributed by atoms with E-state index in [1.807, 2.05) is 16.7 Å². The summed E-state index contributed by atoms with van der Waals surface area (Å²) in [5, 5.41) is 13.6. The highest BCUT2D eigenvalue weighted by Gasteiger charge is 2.17. The number of rotatable bonds is 6. The maximum absolute atomic E-state index is 11.8. The largest absolute Gasteiger partial charge is 0.341 e. The van der Waals surface area contributed by atoms with Gasteiger partial charge in [0.25, 0.3) is 0 Å². The number of imide groups is 1. The van der Waals surface area contributed by atoms with E-state index in [9.17, 15) is 9.59 Å². The summed E-state index contributed by atoms with van der Waals surface area (Å²) in [6, 6.07) is 7.69. The molecule has 144 valence electrons. The molecule has 0 unspecified atom stereocenters. The fraction of sp³-hybridized carbons (Fsp3) is 0.368. The molecule has 0 aliphatic rings. The predicted octanol–water partition coefficient (Wildman–Crippen LogP) is 2.98. The van der Waals surface area contributed by atoms with E-state index in [0.717, 1.165) is 5.56 Å². The van der Waals surface area contributed by atoms with E-state index >= 15 is 0 Å². The van der Waals surface area contributed by atoms with Crippen LogP contribution in [-0.4, -0.2) is 39.5 Å². The number of benzene rings is 1. The highest BCUT2D eigenvalue weighted by Crippen LogP contribution is 2.27. The second-order valence-electron chi connectivity index (χ2n) is 6.95. The first kappa shape index (κ1) is 20.7. The van der Waals surface area contributed by atoms with Crippen LogP contribution in [0, 0.1) is 0 Å². The van der Waals surface area contributed by atoms with Gasteiger partial charge in [0.1, 0.15) is 0 Å². The Morgan fingerprint density at radius 1 is 1.22 bits per heavy atom. The lowest BCUT2D eigenvalue weighted by Gasteiger charge is -2.19. The number of urea groups is 1. The molecule has 1 aromatic heterocycles. The summed E-state index contributed by atoms with van der Waals surface area (Å²) in [7, 11) is 1.45. The first-order valence-corrected chi connectivity index (χ1v) is 9.54. The van der Waals surface area contributed by atoms with E-state index < -0.39 is 11.9 Å². The molecule has 7 nitrogen and oxygen atoms in total. The maximum Gasteiger partial charge on any atom is 0.321 e. The molecule has 8 heteroatoms. The van der Waals surface area contributed by atoms with Crippen LogP contribution >= 0.6 is 11.8 Å². The number of hydrogen-bond donors (Lipinski definition) is 2. The molecule has 0 bridgehead atoms. The van der Waals surface area contributed by atoms with Crippen LogP contribution in [0.3, 0.4) is 0 Å². The molecule has 0 atom stereocenters. The van der Waals surface area contributed by atoms with Crippen LogP contribution in [0.15, 0.2) is 42.1 Å². The van der Waals surface area contributed by atoms with Crippen molar-refractivity contribution in [1.82, 2.24) is 25.4 Å². The Balaban J connectivity index is 2.20. The van der Waals surface area contributed by atoms with Crippen molar-refractivity contribution in [3.05, 3.63) is 42.5 Å². The van der Waals surface area contributed by atoms with Crippen molar-refractivity contribution in [2.24, 2.45) is 0 Å². The molecule has 2 aromatic rings. The van der Waals surface area contributed by atoms with Crippen molar-refractivity contribution >= 4 is 23.7 Å². The van der Waals surface area contributed by atoms with Gasteiger partial charge in [0.05, 0.1) is 5.75 Å².